The molecule has 1 aromatic rings. The van der Waals surface area contributed by atoms with Gasteiger partial charge in [0.25, 0.3) is 0 Å². The van der Waals surface area contributed by atoms with Crippen LogP contribution in [0, 0.1) is 19.8 Å². The smallest absolute Gasteiger partial charge is 0.248 e. The van der Waals surface area contributed by atoms with Gasteiger partial charge in [-0.15, -0.1) is 0 Å². The first-order valence-electron chi connectivity index (χ1n) is 6.59. The third-order valence-electron chi connectivity index (χ3n) is 4.19. The molecule has 100 valence electrons. The molecule has 1 fully saturated rings. The molecule has 1 aromatic carbocycles. The van der Waals surface area contributed by atoms with E-state index in [1.807, 2.05) is 6.07 Å². The SMILES string of the molecule is Cc1ccc(C(N)C2CCC(F)(F)CC2)cc1C. The van der Waals surface area contributed by atoms with Gasteiger partial charge in [-0.25, -0.2) is 8.78 Å². The van der Waals surface area contributed by atoms with Gasteiger partial charge in [0.15, 0.2) is 0 Å². The fourth-order valence-electron chi connectivity index (χ4n) is 2.67. The maximum absolute atomic E-state index is 13.1. The Morgan fingerprint density at radius 1 is 1.17 bits per heavy atom. The van der Waals surface area contributed by atoms with Crippen LogP contribution in [0.25, 0.3) is 0 Å². The van der Waals surface area contributed by atoms with Crippen LogP contribution in [0.15, 0.2) is 18.2 Å². The molecule has 0 heterocycles. The molecule has 1 aliphatic carbocycles. The topological polar surface area (TPSA) is 26.0 Å². The fraction of sp³-hybridized carbons (Fsp3) is 0.600. The average molecular weight is 253 g/mol. The van der Waals surface area contributed by atoms with Crippen molar-refractivity contribution >= 4 is 0 Å². The van der Waals surface area contributed by atoms with Gasteiger partial charge in [-0.05, 0) is 49.3 Å². The number of halogens is 2. The number of aryl methyl sites for hydroxylation is 2. The predicted molar refractivity (Wildman–Crippen MR) is 69.7 cm³/mol. The highest BCUT2D eigenvalue weighted by Gasteiger charge is 2.37. The standard InChI is InChI=1S/C15H21F2N/c1-10-3-4-13(9-11(10)2)14(18)12-5-7-15(16,17)8-6-12/h3-4,9,12,14H,5-8,18H2,1-2H3. The molecule has 0 bridgehead atoms. The van der Waals surface area contributed by atoms with Gasteiger partial charge in [-0.2, -0.15) is 0 Å². The van der Waals surface area contributed by atoms with E-state index in [9.17, 15) is 8.78 Å². The molecule has 0 aliphatic heterocycles. The van der Waals surface area contributed by atoms with Crippen molar-refractivity contribution in [2.24, 2.45) is 11.7 Å². The molecule has 0 spiro atoms. The number of rotatable bonds is 2. The Balaban J connectivity index is 2.07. The second-order valence-electron chi connectivity index (χ2n) is 5.56. The molecule has 2 rings (SSSR count). The van der Waals surface area contributed by atoms with Crippen molar-refractivity contribution in [3.8, 4) is 0 Å². The molecule has 0 aromatic heterocycles. The van der Waals surface area contributed by atoms with E-state index in [2.05, 4.69) is 26.0 Å². The van der Waals surface area contributed by atoms with Crippen LogP contribution in [0.2, 0.25) is 0 Å². The number of alkyl halides is 2. The van der Waals surface area contributed by atoms with E-state index >= 15 is 0 Å². The summed E-state index contributed by atoms with van der Waals surface area (Å²) >= 11 is 0. The van der Waals surface area contributed by atoms with Crippen molar-refractivity contribution in [3.63, 3.8) is 0 Å². The van der Waals surface area contributed by atoms with E-state index in [1.54, 1.807) is 0 Å². The fourth-order valence-corrected chi connectivity index (χ4v) is 2.67. The Kier molecular flexibility index (Phi) is 3.71. The lowest BCUT2D eigenvalue weighted by Gasteiger charge is -2.32. The Bertz CT molecular complexity index is 419. The Hall–Kier alpha value is -0.960. The van der Waals surface area contributed by atoms with Gasteiger partial charge in [0.05, 0.1) is 0 Å². The Morgan fingerprint density at radius 2 is 1.78 bits per heavy atom. The van der Waals surface area contributed by atoms with Gasteiger partial charge in [0.1, 0.15) is 0 Å². The normalized spacial score (nSPS) is 21.8. The molecule has 18 heavy (non-hydrogen) atoms. The van der Waals surface area contributed by atoms with Crippen LogP contribution in [0.1, 0.15) is 48.4 Å². The molecule has 2 N–H and O–H groups in total. The summed E-state index contributed by atoms with van der Waals surface area (Å²) in [6.45, 7) is 4.12. The number of hydrogen-bond acceptors (Lipinski definition) is 1. The first-order valence-corrected chi connectivity index (χ1v) is 6.59. The molecule has 0 amide bonds. The summed E-state index contributed by atoms with van der Waals surface area (Å²) in [6.07, 6.45) is 1.02. The van der Waals surface area contributed by atoms with Crippen LogP contribution in [-0.2, 0) is 0 Å². The van der Waals surface area contributed by atoms with Crippen molar-refractivity contribution < 1.29 is 8.78 Å². The molecule has 1 unspecified atom stereocenters. The first kappa shape index (κ1) is 13.5. The van der Waals surface area contributed by atoms with Gasteiger partial charge in [-0.1, -0.05) is 18.2 Å². The summed E-state index contributed by atoms with van der Waals surface area (Å²) in [7, 11) is 0. The summed E-state index contributed by atoms with van der Waals surface area (Å²) in [5, 5.41) is 0. The van der Waals surface area contributed by atoms with E-state index < -0.39 is 5.92 Å². The highest BCUT2D eigenvalue weighted by Crippen LogP contribution is 2.40. The maximum atomic E-state index is 13.1. The molecular formula is C15H21F2N. The van der Waals surface area contributed by atoms with Crippen molar-refractivity contribution in [1.29, 1.82) is 0 Å². The number of hydrogen-bond donors (Lipinski definition) is 1. The largest absolute Gasteiger partial charge is 0.324 e. The van der Waals surface area contributed by atoms with Crippen molar-refractivity contribution in [1.82, 2.24) is 0 Å². The third kappa shape index (κ3) is 2.89. The number of nitrogens with two attached hydrogens (primary N) is 1. The minimum atomic E-state index is -2.47. The molecular weight excluding hydrogens is 232 g/mol. The van der Waals surface area contributed by atoms with Crippen molar-refractivity contribution in [3.05, 3.63) is 34.9 Å². The summed E-state index contributed by atoms with van der Waals surface area (Å²) in [4.78, 5) is 0. The van der Waals surface area contributed by atoms with Gasteiger partial charge in [0.2, 0.25) is 5.92 Å². The third-order valence-corrected chi connectivity index (χ3v) is 4.19. The summed E-state index contributed by atoms with van der Waals surface area (Å²) in [5.74, 6) is -2.29. The summed E-state index contributed by atoms with van der Waals surface area (Å²) in [5.41, 5.74) is 9.76. The minimum Gasteiger partial charge on any atom is -0.324 e. The lowest BCUT2D eigenvalue weighted by molar-refractivity contribution is -0.0483. The highest BCUT2D eigenvalue weighted by molar-refractivity contribution is 5.31. The van der Waals surface area contributed by atoms with Crippen LogP contribution in [-0.4, -0.2) is 5.92 Å². The lowest BCUT2D eigenvalue weighted by Crippen LogP contribution is -2.31. The van der Waals surface area contributed by atoms with E-state index in [0.717, 1.165) is 5.56 Å². The highest BCUT2D eigenvalue weighted by atomic mass is 19.3. The van der Waals surface area contributed by atoms with Gasteiger partial charge in [0, 0.05) is 18.9 Å². The van der Waals surface area contributed by atoms with Crippen LogP contribution in [0.3, 0.4) is 0 Å². The molecule has 0 radical (unpaired) electrons. The second kappa shape index (κ2) is 4.96. The van der Waals surface area contributed by atoms with Gasteiger partial charge < -0.3 is 5.73 Å². The van der Waals surface area contributed by atoms with Crippen molar-refractivity contribution in [2.75, 3.05) is 0 Å². The Morgan fingerprint density at radius 3 is 2.33 bits per heavy atom. The zero-order chi connectivity index (χ0) is 13.3. The first-order chi connectivity index (χ1) is 8.39. The van der Waals surface area contributed by atoms with Crippen LogP contribution < -0.4 is 5.73 Å². The quantitative estimate of drug-likeness (QED) is 0.842. The van der Waals surface area contributed by atoms with E-state index in [4.69, 9.17) is 5.73 Å². The predicted octanol–water partition coefficient (Wildman–Crippen LogP) is 4.13. The van der Waals surface area contributed by atoms with Gasteiger partial charge in [-0.3, -0.25) is 0 Å². The number of benzene rings is 1. The monoisotopic (exact) mass is 253 g/mol. The minimum absolute atomic E-state index is 0.0176. The zero-order valence-corrected chi connectivity index (χ0v) is 11.0. The van der Waals surface area contributed by atoms with Gasteiger partial charge >= 0.3 is 0 Å². The molecule has 1 saturated carbocycles. The molecule has 1 aliphatic rings. The molecule has 3 heteroatoms. The molecule has 0 saturated heterocycles. The van der Waals surface area contributed by atoms with Crippen LogP contribution in [0.5, 0.6) is 0 Å². The summed E-state index contributed by atoms with van der Waals surface area (Å²) < 4.78 is 26.2. The van der Waals surface area contributed by atoms with E-state index in [0.29, 0.717) is 12.8 Å². The van der Waals surface area contributed by atoms with E-state index in [-0.39, 0.29) is 24.8 Å². The van der Waals surface area contributed by atoms with Crippen molar-refractivity contribution in [2.45, 2.75) is 51.5 Å². The second-order valence-corrected chi connectivity index (χ2v) is 5.56. The molecule has 1 nitrogen and oxygen atoms in total. The van der Waals surface area contributed by atoms with Crippen LogP contribution >= 0.6 is 0 Å². The average Bonchev–Trinajstić information content (AvgIpc) is 2.32. The maximum Gasteiger partial charge on any atom is 0.248 e. The van der Waals surface area contributed by atoms with Crippen LogP contribution in [0.4, 0.5) is 8.78 Å². The molecule has 1 atom stereocenters. The zero-order valence-electron chi connectivity index (χ0n) is 11.0. The Labute approximate surface area is 107 Å². The lowest BCUT2D eigenvalue weighted by atomic mass is 9.79. The summed E-state index contributed by atoms with van der Waals surface area (Å²) in [6, 6.07) is 6.06. The van der Waals surface area contributed by atoms with E-state index in [1.165, 1.54) is 11.1 Å².